The molecule has 2 unspecified atom stereocenters. The van der Waals surface area contributed by atoms with Gasteiger partial charge in [-0.3, -0.25) is 0 Å². The minimum atomic E-state index is -0.937. The number of aryl methyl sites for hydroxylation is 2. The molecule has 1 N–H and O–H groups in total. The number of carboxylic acid groups (broad SMARTS) is 1. The van der Waals surface area contributed by atoms with Gasteiger partial charge >= 0.3 is 6.09 Å². The number of fused-ring (bicyclic) bond motifs is 1. The zero-order valence-electron chi connectivity index (χ0n) is 17.7. The summed E-state index contributed by atoms with van der Waals surface area (Å²) in [5.41, 5.74) is 1.62. The van der Waals surface area contributed by atoms with Crippen molar-refractivity contribution >= 4 is 17.3 Å². The molecule has 10 heteroatoms. The zero-order valence-corrected chi connectivity index (χ0v) is 17.7. The Morgan fingerprint density at radius 1 is 1.20 bits per heavy atom. The van der Waals surface area contributed by atoms with Crippen LogP contribution in [0.2, 0.25) is 0 Å². The molecule has 0 spiro atoms. The van der Waals surface area contributed by atoms with Crippen molar-refractivity contribution in [2.24, 2.45) is 12.5 Å². The van der Waals surface area contributed by atoms with E-state index in [1.165, 1.54) is 11.2 Å². The molecule has 4 rings (SSSR count). The molecular formula is C20H25N7O3. The van der Waals surface area contributed by atoms with Gasteiger partial charge in [0, 0.05) is 32.4 Å². The van der Waals surface area contributed by atoms with E-state index >= 15 is 0 Å². The molecule has 1 saturated heterocycles. The van der Waals surface area contributed by atoms with E-state index in [1.54, 1.807) is 12.4 Å². The summed E-state index contributed by atoms with van der Waals surface area (Å²) in [5.74, 6) is 1.68. The fraction of sp³-hybridized carbons (Fsp3) is 0.500. The Labute approximate surface area is 174 Å². The van der Waals surface area contributed by atoms with Crippen LogP contribution in [0.4, 0.5) is 4.79 Å². The molecule has 2 atom stereocenters. The van der Waals surface area contributed by atoms with Crippen molar-refractivity contribution in [1.29, 1.82) is 0 Å². The minimum Gasteiger partial charge on any atom is -0.470 e. The van der Waals surface area contributed by atoms with Gasteiger partial charge in [-0.15, -0.1) is 0 Å². The number of hydrogen-bond donors (Lipinski definition) is 1. The third-order valence-electron chi connectivity index (χ3n) is 5.40. The second-order valence-corrected chi connectivity index (χ2v) is 8.60. The van der Waals surface area contributed by atoms with Crippen LogP contribution < -0.4 is 4.74 Å². The lowest BCUT2D eigenvalue weighted by Gasteiger charge is -2.36. The fourth-order valence-electron chi connectivity index (χ4n) is 4.10. The molecular weight excluding hydrogens is 386 g/mol. The van der Waals surface area contributed by atoms with E-state index < -0.39 is 6.09 Å². The van der Waals surface area contributed by atoms with Gasteiger partial charge in [0.2, 0.25) is 5.88 Å². The van der Waals surface area contributed by atoms with Gasteiger partial charge in [0.25, 0.3) is 0 Å². The van der Waals surface area contributed by atoms with E-state index in [-0.39, 0.29) is 17.6 Å². The predicted octanol–water partition coefficient (Wildman–Crippen LogP) is 2.67. The molecule has 4 heterocycles. The van der Waals surface area contributed by atoms with Crippen LogP contribution in [0.25, 0.3) is 22.6 Å². The number of aromatic nitrogens is 6. The summed E-state index contributed by atoms with van der Waals surface area (Å²) in [6.45, 7) is 8.29. The number of nitrogens with zero attached hydrogens (tertiary/aromatic N) is 7. The SMILES string of the molecule is Cc1ncc(-c2nc3c(OC4CCN(C(=O)O)C4C(C)(C)C)ncnc3n2C)cn1. The lowest BCUT2D eigenvalue weighted by molar-refractivity contribution is 0.0558. The van der Waals surface area contributed by atoms with Crippen molar-refractivity contribution in [2.45, 2.75) is 46.3 Å². The van der Waals surface area contributed by atoms with Crippen LogP contribution in [0.5, 0.6) is 5.88 Å². The quantitative estimate of drug-likeness (QED) is 0.699. The van der Waals surface area contributed by atoms with Crippen molar-refractivity contribution in [2.75, 3.05) is 6.54 Å². The molecule has 0 radical (unpaired) electrons. The first-order valence-electron chi connectivity index (χ1n) is 9.79. The van der Waals surface area contributed by atoms with Crippen LogP contribution in [0.3, 0.4) is 0 Å². The van der Waals surface area contributed by atoms with E-state index in [4.69, 9.17) is 9.72 Å². The Morgan fingerprint density at radius 2 is 1.90 bits per heavy atom. The van der Waals surface area contributed by atoms with Crippen LogP contribution in [0.15, 0.2) is 18.7 Å². The summed E-state index contributed by atoms with van der Waals surface area (Å²) < 4.78 is 8.11. The molecule has 0 saturated carbocycles. The maximum Gasteiger partial charge on any atom is 0.407 e. The second-order valence-electron chi connectivity index (χ2n) is 8.60. The largest absolute Gasteiger partial charge is 0.470 e. The predicted molar refractivity (Wildman–Crippen MR) is 109 cm³/mol. The molecule has 3 aromatic rings. The molecule has 10 nitrogen and oxygen atoms in total. The molecule has 1 aliphatic heterocycles. The maximum absolute atomic E-state index is 11.7. The first kappa shape index (κ1) is 20.0. The highest BCUT2D eigenvalue weighted by Crippen LogP contribution is 2.36. The van der Waals surface area contributed by atoms with Crippen molar-refractivity contribution in [3.8, 4) is 17.3 Å². The summed E-state index contributed by atoms with van der Waals surface area (Å²) in [4.78, 5) is 35.0. The molecule has 0 aliphatic carbocycles. The molecule has 1 amide bonds. The van der Waals surface area contributed by atoms with Crippen LogP contribution >= 0.6 is 0 Å². The highest BCUT2D eigenvalue weighted by molar-refractivity contribution is 5.80. The Morgan fingerprint density at radius 3 is 2.53 bits per heavy atom. The fourth-order valence-corrected chi connectivity index (χ4v) is 4.10. The van der Waals surface area contributed by atoms with Gasteiger partial charge in [0.15, 0.2) is 11.2 Å². The number of carbonyl (C=O) groups is 1. The summed E-state index contributed by atoms with van der Waals surface area (Å²) in [6.07, 6.45) is 4.19. The van der Waals surface area contributed by atoms with Gasteiger partial charge in [0.05, 0.1) is 11.6 Å². The second kappa shape index (κ2) is 7.19. The van der Waals surface area contributed by atoms with Gasteiger partial charge < -0.3 is 19.3 Å². The Balaban J connectivity index is 1.72. The Bertz CT molecular complexity index is 1090. The van der Waals surface area contributed by atoms with E-state index in [1.807, 2.05) is 39.3 Å². The number of amides is 1. The summed E-state index contributed by atoms with van der Waals surface area (Å²) in [5, 5.41) is 9.61. The topological polar surface area (TPSA) is 119 Å². The number of imidazole rings is 1. The summed E-state index contributed by atoms with van der Waals surface area (Å²) in [7, 11) is 1.86. The highest BCUT2D eigenvalue weighted by Gasteiger charge is 2.45. The molecule has 1 aliphatic rings. The third kappa shape index (κ3) is 3.42. The van der Waals surface area contributed by atoms with E-state index in [0.717, 1.165) is 5.56 Å². The van der Waals surface area contributed by atoms with Gasteiger partial charge in [-0.2, -0.15) is 4.98 Å². The van der Waals surface area contributed by atoms with Crippen molar-refractivity contribution < 1.29 is 14.6 Å². The van der Waals surface area contributed by atoms with Gasteiger partial charge in [-0.25, -0.2) is 24.7 Å². The third-order valence-corrected chi connectivity index (χ3v) is 5.40. The van der Waals surface area contributed by atoms with Crippen LogP contribution in [-0.4, -0.2) is 64.3 Å². The first-order valence-corrected chi connectivity index (χ1v) is 9.79. The van der Waals surface area contributed by atoms with Crippen LogP contribution in [-0.2, 0) is 7.05 Å². The molecule has 0 aromatic carbocycles. The zero-order chi connectivity index (χ0) is 21.6. The minimum absolute atomic E-state index is 0.291. The van der Waals surface area contributed by atoms with Gasteiger partial charge in [-0.1, -0.05) is 20.8 Å². The average Bonchev–Trinajstić information content (AvgIpc) is 3.25. The van der Waals surface area contributed by atoms with Crippen LogP contribution in [0.1, 0.15) is 33.0 Å². The van der Waals surface area contributed by atoms with Gasteiger partial charge in [0.1, 0.15) is 24.1 Å². The molecule has 30 heavy (non-hydrogen) atoms. The summed E-state index contributed by atoms with van der Waals surface area (Å²) >= 11 is 0. The Kier molecular flexibility index (Phi) is 4.79. The van der Waals surface area contributed by atoms with E-state index in [2.05, 4.69) is 19.9 Å². The number of likely N-dealkylation sites (tertiary alicyclic amines) is 1. The van der Waals surface area contributed by atoms with Crippen molar-refractivity contribution in [1.82, 2.24) is 34.4 Å². The van der Waals surface area contributed by atoms with Crippen LogP contribution in [0, 0.1) is 12.3 Å². The van der Waals surface area contributed by atoms with E-state index in [0.29, 0.717) is 41.7 Å². The van der Waals surface area contributed by atoms with Crippen molar-refractivity contribution in [3.05, 3.63) is 24.5 Å². The molecule has 0 bridgehead atoms. The maximum atomic E-state index is 11.7. The number of ether oxygens (including phenoxy) is 1. The molecule has 3 aromatic heterocycles. The molecule has 1 fully saturated rings. The highest BCUT2D eigenvalue weighted by atomic mass is 16.5. The smallest absolute Gasteiger partial charge is 0.407 e. The van der Waals surface area contributed by atoms with Crippen molar-refractivity contribution in [3.63, 3.8) is 0 Å². The van der Waals surface area contributed by atoms with E-state index in [9.17, 15) is 9.90 Å². The molecule has 158 valence electrons. The average molecular weight is 411 g/mol. The lowest BCUT2D eigenvalue weighted by Crippen LogP contribution is -2.48. The normalized spacial score (nSPS) is 19.4. The monoisotopic (exact) mass is 411 g/mol. The standard InChI is InChI=1S/C20H25N7O3/c1-11-21-8-12(9-22-11)16-25-14-17(26(16)5)23-10-24-18(14)30-13-6-7-27(19(28)29)15(13)20(2,3)4/h8-10,13,15H,6-7H2,1-5H3,(H,28,29). The number of hydrogen-bond acceptors (Lipinski definition) is 7. The number of rotatable bonds is 3. The van der Waals surface area contributed by atoms with Gasteiger partial charge in [-0.05, 0) is 12.3 Å². The first-order chi connectivity index (χ1) is 14.2. The summed E-state index contributed by atoms with van der Waals surface area (Å²) in [6, 6.07) is -0.298. The Hall–Kier alpha value is -3.30. The lowest BCUT2D eigenvalue weighted by atomic mass is 9.84.